The van der Waals surface area contributed by atoms with Crippen molar-refractivity contribution < 1.29 is 9.18 Å². The van der Waals surface area contributed by atoms with Crippen LogP contribution in [0.5, 0.6) is 0 Å². The number of aryl methyl sites for hydroxylation is 1. The quantitative estimate of drug-likeness (QED) is 0.267. The Bertz CT molecular complexity index is 1100. The van der Waals surface area contributed by atoms with E-state index >= 15 is 0 Å². The van der Waals surface area contributed by atoms with Crippen LogP contribution in [0.15, 0.2) is 62.8 Å². The SMILES string of the molecule is Cc1cc(F)c(Br)cc1NSc1ccc(NSc2cc(Cl)cc(Cl)c2)cc1C(N)=O. The highest BCUT2D eigenvalue weighted by Crippen LogP contribution is 2.32. The number of benzene rings is 3. The zero-order valence-corrected chi connectivity index (χ0v) is 20.2. The molecule has 0 saturated carbocycles. The number of nitrogens with one attached hydrogen (secondary N) is 2. The smallest absolute Gasteiger partial charge is 0.249 e. The van der Waals surface area contributed by atoms with Crippen molar-refractivity contribution in [3.05, 3.63) is 80.0 Å². The number of carbonyl (C=O) groups is 1. The number of rotatable bonds is 7. The first-order valence-electron chi connectivity index (χ1n) is 8.44. The molecule has 1 amide bonds. The fraction of sp³-hybridized carbons (Fsp3) is 0.0500. The Kier molecular flexibility index (Phi) is 7.81. The first-order chi connectivity index (χ1) is 14.2. The molecule has 156 valence electrons. The summed E-state index contributed by atoms with van der Waals surface area (Å²) < 4.78 is 20.2. The topological polar surface area (TPSA) is 67.2 Å². The van der Waals surface area contributed by atoms with E-state index in [9.17, 15) is 9.18 Å². The Hall–Kier alpha value is -1.58. The molecule has 0 fully saturated rings. The van der Waals surface area contributed by atoms with Crippen LogP contribution in [-0.2, 0) is 0 Å². The van der Waals surface area contributed by atoms with E-state index in [-0.39, 0.29) is 5.82 Å². The van der Waals surface area contributed by atoms with Gasteiger partial charge in [-0.2, -0.15) is 0 Å². The Balaban J connectivity index is 1.75. The minimum atomic E-state index is -0.559. The first-order valence-corrected chi connectivity index (χ1v) is 11.6. The van der Waals surface area contributed by atoms with Crippen molar-refractivity contribution in [1.29, 1.82) is 0 Å². The zero-order valence-electron chi connectivity index (χ0n) is 15.4. The van der Waals surface area contributed by atoms with Crippen LogP contribution < -0.4 is 15.2 Å². The van der Waals surface area contributed by atoms with Crippen molar-refractivity contribution in [2.45, 2.75) is 16.7 Å². The lowest BCUT2D eigenvalue weighted by atomic mass is 10.2. The van der Waals surface area contributed by atoms with Crippen molar-refractivity contribution in [2.24, 2.45) is 5.73 Å². The molecular formula is C20H15BrCl2FN3OS2. The van der Waals surface area contributed by atoms with Crippen LogP contribution in [0, 0.1) is 12.7 Å². The van der Waals surface area contributed by atoms with E-state index in [1.807, 2.05) is 6.07 Å². The first kappa shape index (κ1) is 23.1. The van der Waals surface area contributed by atoms with Crippen molar-refractivity contribution in [3.63, 3.8) is 0 Å². The predicted octanol–water partition coefficient (Wildman–Crippen LogP) is 7.54. The molecule has 30 heavy (non-hydrogen) atoms. The zero-order chi connectivity index (χ0) is 21.8. The predicted molar refractivity (Wildman–Crippen MR) is 129 cm³/mol. The van der Waals surface area contributed by atoms with Crippen molar-refractivity contribution in [1.82, 2.24) is 0 Å². The Labute approximate surface area is 200 Å². The van der Waals surface area contributed by atoms with Gasteiger partial charge < -0.3 is 15.2 Å². The average Bonchev–Trinajstić information content (AvgIpc) is 2.67. The number of nitrogens with two attached hydrogens (primary N) is 1. The van der Waals surface area contributed by atoms with Gasteiger partial charge in [-0.3, -0.25) is 4.79 Å². The van der Waals surface area contributed by atoms with Crippen molar-refractivity contribution in [2.75, 3.05) is 9.44 Å². The fourth-order valence-corrected chi connectivity index (χ4v) is 5.03. The van der Waals surface area contributed by atoms with Gasteiger partial charge in [-0.15, -0.1) is 0 Å². The van der Waals surface area contributed by atoms with Gasteiger partial charge in [-0.05, 0) is 101 Å². The number of halogens is 4. The highest BCUT2D eigenvalue weighted by Gasteiger charge is 2.12. The van der Waals surface area contributed by atoms with Gasteiger partial charge in [0, 0.05) is 31.2 Å². The number of hydrogen-bond donors (Lipinski definition) is 3. The summed E-state index contributed by atoms with van der Waals surface area (Å²) in [6.07, 6.45) is 0. The van der Waals surface area contributed by atoms with Crippen LogP contribution in [0.25, 0.3) is 0 Å². The third-order valence-electron chi connectivity index (χ3n) is 3.91. The molecule has 0 heterocycles. The van der Waals surface area contributed by atoms with Gasteiger partial charge in [0.05, 0.1) is 10.0 Å². The van der Waals surface area contributed by atoms with Crippen LogP contribution in [0.1, 0.15) is 15.9 Å². The van der Waals surface area contributed by atoms with E-state index in [4.69, 9.17) is 28.9 Å². The molecule has 0 aromatic heterocycles. The molecule has 0 saturated heterocycles. The van der Waals surface area contributed by atoms with Gasteiger partial charge in [-0.25, -0.2) is 4.39 Å². The molecule has 0 bridgehead atoms. The standard InChI is InChI=1S/C20H15BrCl2FN3OS2/c1-10-4-17(24)16(21)9-18(10)27-30-19-3-2-13(8-15(19)20(25)28)26-29-14-6-11(22)5-12(23)7-14/h2-9,26-27H,1H3,(H2,25,28). The summed E-state index contributed by atoms with van der Waals surface area (Å²) in [5.41, 5.74) is 8.06. The number of primary amides is 1. The number of carbonyl (C=O) groups excluding carboxylic acids is 1. The second kappa shape index (κ2) is 10.2. The number of amides is 1. The second-order valence-corrected chi connectivity index (χ2v) is 9.62. The van der Waals surface area contributed by atoms with Gasteiger partial charge in [0.15, 0.2) is 0 Å². The summed E-state index contributed by atoms with van der Waals surface area (Å²) in [5.74, 6) is -0.898. The van der Waals surface area contributed by atoms with Gasteiger partial charge in [0.2, 0.25) is 5.91 Å². The molecule has 4 N–H and O–H groups in total. The molecule has 0 aliphatic rings. The molecule has 10 heteroatoms. The molecule has 0 atom stereocenters. The lowest BCUT2D eigenvalue weighted by molar-refractivity contribution is 0.0997. The summed E-state index contributed by atoms with van der Waals surface area (Å²) in [6, 6.07) is 13.5. The van der Waals surface area contributed by atoms with Crippen molar-refractivity contribution >= 4 is 80.3 Å². The van der Waals surface area contributed by atoms with Gasteiger partial charge in [0.25, 0.3) is 0 Å². The van der Waals surface area contributed by atoms with Gasteiger partial charge in [0.1, 0.15) is 5.82 Å². The van der Waals surface area contributed by atoms with E-state index in [2.05, 4.69) is 25.4 Å². The third-order valence-corrected chi connectivity index (χ3v) is 6.66. The molecule has 3 rings (SSSR count). The minimum absolute atomic E-state index is 0.338. The second-order valence-electron chi connectivity index (χ2n) is 6.17. The summed E-state index contributed by atoms with van der Waals surface area (Å²) in [6.45, 7) is 1.79. The average molecular weight is 547 g/mol. The molecule has 0 unspecified atom stereocenters. The minimum Gasteiger partial charge on any atom is -0.366 e. The third kappa shape index (κ3) is 5.98. The van der Waals surface area contributed by atoms with Crippen LogP contribution in [-0.4, -0.2) is 5.91 Å². The fourth-order valence-electron chi connectivity index (χ4n) is 2.45. The molecule has 0 radical (unpaired) electrons. The molecule has 3 aromatic carbocycles. The van der Waals surface area contributed by atoms with E-state index in [1.165, 1.54) is 30.0 Å². The lowest BCUT2D eigenvalue weighted by Gasteiger charge is -2.13. The maximum absolute atomic E-state index is 13.6. The highest BCUT2D eigenvalue weighted by atomic mass is 79.9. The Morgan fingerprint density at radius 3 is 2.40 bits per heavy atom. The summed E-state index contributed by atoms with van der Waals surface area (Å²) in [4.78, 5) is 13.4. The molecular weight excluding hydrogens is 532 g/mol. The van der Waals surface area contributed by atoms with Gasteiger partial charge >= 0.3 is 0 Å². The summed E-state index contributed by atoms with van der Waals surface area (Å²) >= 11 is 17.7. The molecule has 3 aromatic rings. The van der Waals surface area contributed by atoms with Crippen LogP contribution in [0.3, 0.4) is 0 Å². The number of hydrogen-bond acceptors (Lipinski definition) is 5. The maximum Gasteiger partial charge on any atom is 0.249 e. The molecule has 4 nitrogen and oxygen atoms in total. The number of anilines is 2. The monoisotopic (exact) mass is 545 g/mol. The highest BCUT2D eigenvalue weighted by molar-refractivity contribution is 9.10. The van der Waals surface area contributed by atoms with E-state index in [0.717, 1.165) is 16.1 Å². The molecule has 0 spiro atoms. The molecule has 0 aliphatic carbocycles. The van der Waals surface area contributed by atoms with Crippen LogP contribution >= 0.6 is 63.0 Å². The van der Waals surface area contributed by atoms with E-state index < -0.39 is 5.91 Å². The van der Waals surface area contributed by atoms with Crippen LogP contribution in [0.4, 0.5) is 15.8 Å². The Morgan fingerprint density at radius 2 is 1.73 bits per heavy atom. The van der Waals surface area contributed by atoms with Crippen molar-refractivity contribution in [3.8, 4) is 0 Å². The summed E-state index contributed by atoms with van der Waals surface area (Å²) in [5, 5.41) is 1.07. The lowest BCUT2D eigenvalue weighted by Crippen LogP contribution is -2.13. The Morgan fingerprint density at radius 1 is 1.03 bits per heavy atom. The largest absolute Gasteiger partial charge is 0.366 e. The molecule has 0 aliphatic heterocycles. The maximum atomic E-state index is 13.6. The van der Waals surface area contributed by atoms with E-state index in [0.29, 0.717) is 30.7 Å². The van der Waals surface area contributed by atoms with Crippen LogP contribution in [0.2, 0.25) is 10.0 Å². The normalized spacial score (nSPS) is 10.7. The summed E-state index contributed by atoms with van der Waals surface area (Å²) in [7, 11) is 0. The van der Waals surface area contributed by atoms with E-state index in [1.54, 1.807) is 43.3 Å². The van der Waals surface area contributed by atoms with Gasteiger partial charge in [-0.1, -0.05) is 23.2 Å².